The fourth-order valence-electron chi connectivity index (χ4n) is 0.818. The second kappa shape index (κ2) is 5.15. The van der Waals surface area contributed by atoms with Crippen molar-refractivity contribution < 1.29 is 4.74 Å². The molecule has 0 aliphatic carbocycles. The third-order valence-corrected chi connectivity index (χ3v) is 1.87. The number of hydrogen-bond acceptors (Lipinski definition) is 1. The maximum atomic E-state index is 5.29. The molecule has 0 amide bonds. The van der Waals surface area contributed by atoms with E-state index in [-0.39, 0.29) is 5.60 Å². The van der Waals surface area contributed by atoms with Crippen molar-refractivity contribution in [3.63, 3.8) is 0 Å². The molecule has 0 rings (SSSR count). The van der Waals surface area contributed by atoms with Gasteiger partial charge in [0, 0.05) is 7.11 Å². The second-order valence-electron chi connectivity index (χ2n) is 3.75. The summed E-state index contributed by atoms with van der Waals surface area (Å²) < 4.78 is 5.29. The number of allylic oxidation sites excluding steroid dienone is 3. The van der Waals surface area contributed by atoms with Gasteiger partial charge in [0.05, 0.1) is 5.60 Å². The Labute approximate surface area is 76.1 Å². The molecule has 0 aliphatic heterocycles. The molecule has 0 unspecified atom stereocenters. The molecule has 1 nitrogen and oxygen atoms in total. The average molecular weight is 168 g/mol. The first-order valence-electron chi connectivity index (χ1n) is 4.35. The Kier molecular flexibility index (Phi) is 4.91. The van der Waals surface area contributed by atoms with E-state index in [1.165, 1.54) is 0 Å². The predicted octanol–water partition coefficient (Wildman–Crippen LogP) is 3.32. The minimum absolute atomic E-state index is 0.000581. The van der Waals surface area contributed by atoms with Crippen molar-refractivity contribution in [3.05, 3.63) is 24.3 Å². The Morgan fingerprint density at radius 3 is 2.50 bits per heavy atom. The van der Waals surface area contributed by atoms with E-state index in [1.54, 1.807) is 7.11 Å². The fraction of sp³-hybridized carbons (Fsp3) is 0.636. The van der Waals surface area contributed by atoms with Gasteiger partial charge >= 0.3 is 0 Å². The summed E-state index contributed by atoms with van der Waals surface area (Å²) in [4.78, 5) is 0. The maximum Gasteiger partial charge on any atom is 0.0625 e. The molecule has 1 heteroatoms. The summed E-state index contributed by atoms with van der Waals surface area (Å²) in [5.74, 6) is 0. The lowest BCUT2D eigenvalue weighted by atomic mass is 10.0. The van der Waals surface area contributed by atoms with Crippen molar-refractivity contribution in [3.8, 4) is 0 Å². The highest BCUT2D eigenvalue weighted by molar-refractivity contribution is 5.10. The van der Waals surface area contributed by atoms with E-state index < -0.39 is 0 Å². The first-order valence-corrected chi connectivity index (χ1v) is 4.35. The molecule has 0 bridgehead atoms. The number of rotatable bonds is 5. The van der Waals surface area contributed by atoms with E-state index >= 15 is 0 Å². The van der Waals surface area contributed by atoms with Gasteiger partial charge < -0.3 is 4.74 Å². The minimum atomic E-state index is -0.000581. The third-order valence-electron chi connectivity index (χ3n) is 1.87. The van der Waals surface area contributed by atoms with Gasteiger partial charge in [-0.1, -0.05) is 24.3 Å². The molecule has 0 saturated carbocycles. The summed E-state index contributed by atoms with van der Waals surface area (Å²) in [5.41, 5.74) is 1.10. The first kappa shape index (κ1) is 11.4. The van der Waals surface area contributed by atoms with Gasteiger partial charge in [-0.25, -0.2) is 0 Å². The van der Waals surface area contributed by atoms with Crippen molar-refractivity contribution >= 4 is 0 Å². The van der Waals surface area contributed by atoms with Crippen LogP contribution in [0.2, 0.25) is 0 Å². The smallest absolute Gasteiger partial charge is 0.0625 e. The molecule has 12 heavy (non-hydrogen) atoms. The fourth-order valence-corrected chi connectivity index (χ4v) is 0.818. The van der Waals surface area contributed by atoms with Gasteiger partial charge in [-0.3, -0.25) is 0 Å². The highest BCUT2D eigenvalue weighted by Crippen LogP contribution is 2.15. The summed E-state index contributed by atoms with van der Waals surface area (Å²) >= 11 is 0. The van der Waals surface area contributed by atoms with Crippen LogP contribution in [0.5, 0.6) is 0 Å². The van der Waals surface area contributed by atoms with Crippen molar-refractivity contribution in [2.24, 2.45) is 0 Å². The Morgan fingerprint density at radius 2 is 2.08 bits per heavy atom. The Bertz CT molecular complexity index is 166. The maximum absolute atomic E-state index is 5.29. The van der Waals surface area contributed by atoms with Gasteiger partial charge in [0.2, 0.25) is 0 Å². The van der Waals surface area contributed by atoms with Crippen molar-refractivity contribution in [1.82, 2.24) is 0 Å². The normalized spacial score (nSPS) is 12.3. The van der Waals surface area contributed by atoms with Crippen LogP contribution in [-0.4, -0.2) is 12.7 Å². The standard InChI is InChI=1S/C11H20O/c1-10(2)8-6-7-9-11(3,4)12-5/h6,8H,1,7,9H2,2-5H3. The highest BCUT2D eigenvalue weighted by atomic mass is 16.5. The van der Waals surface area contributed by atoms with E-state index in [2.05, 4.69) is 26.5 Å². The minimum Gasteiger partial charge on any atom is -0.379 e. The molecule has 0 N–H and O–H groups in total. The Hall–Kier alpha value is -0.560. The lowest BCUT2D eigenvalue weighted by molar-refractivity contribution is 0.0163. The largest absolute Gasteiger partial charge is 0.379 e. The van der Waals surface area contributed by atoms with Crippen LogP contribution in [0, 0.1) is 0 Å². The zero-order valence-corrected chi connectivity index (χ0v) is 8.68. The first-order chi connectivity index (χ1) is 5.48. The van der Waals surface area contributed by atoms with E-state index in [9.17, 15) is 0 Å². The molecule has 0 heterocycles. The summed E-state index contributed by atoms with van der Waals surface area (Å²) in [7, 11) is 1.75. The Morgan fingerprint density at radius 1 is 1.50 bits per heavy atom. The van der Waals surface area contributed by atoms with Gasteiger partial charge in [0.1, 0.15) is 0 Å². The average Bonchev–Trinajstić information content (AvgIpc) is 1.98. The Balaban J connectivity index is 3.63. The van der Waals surface area contributed by atoms with E-state index in [0.717, 1.165) is 18.4 Å². The zero-order chi connectivity index (χ0) is 9.61. The summed E-state index contributed by atoms with van der Waals surface area (Å²) in [6, 6.07) is 0. The van der Waals surface area contributed by atoms with Crippen LogP contribution in [0.4, 0.5) is 0 Å². The van der Waals surface area contributed by atoms with Gasteiger partial charge in [-0.05, 0) is 33.6 Å². The lowest BCUT2D eigenvalue weighted by Gasteiger charge is -2.21. The molecule has 0 fully saturated rings. The molecule has 0 saturated heterocycles. The molecule has 0 radical (unpaired) electrons. The van der Waals surface area contributed by atoms with Crippen LogP contribution in [0.3, 0.4) is 0 Å². The van der Waals surface area contributed by atoms with Gasteiger partial charge in [0.15, 0.2) is 0 Å². The van der Waals surface area contributed by atoms with E-state index in [1.807, 2.05) is 13.0 Å². The SMILES string of the molecule is C=C(C)C=CCCC(C)(C)OC. The molecule has 0 aliphatic rings. The van der Waals surface area contributed by atoms with Gasteiger partial charge in [-0.15, -0.1) is 0 Å². The van der Waals surface area contributed by atoms with Crippen molar-refractivity contribution in [2.45, 2.75) is 39.2 Å². The molecule has 0 aromatic rings. The molecular formula is C11H20O. The van der Waals surface area contributed by atoms with E-state index in [4.69, 9.17) is 4.74 Å². The third kappa shape index (κ3) is 6.17. The van der Waals surface area contributed by atoms with Gasteiger partial charge in [0.25, 0.3) is 0 Å². The van der Waals surface area contributed by atoms with Crippen molar-refractivity contribution in [2.75, 3.05) is 7.11 Å². The quantitative estimate of drug-likeness (QED) is 0.572. The van der Waals surface area contributed by atoms with Crippen LogP contribution in [0.25, 0.3) is 0 Å². The molecule has 0 spiro atoms. The van der Waals surface area contributed by atoms with Crippen molar-refractivity contribution in [1.29, 1.82) is 0 Å². The zero-order valence-electron chi connectivity index (χ0n) is 8.68. The van der Waals surface area contributed by atoms with Crippen LogP contribution in [0.1, 0.15) is 33.6 Å². The summed E-state index contributed by atoms with van der Waals surface area (Å²) in [5, 5.41) is 0. The van der Waals surface area contributed by atoms with Gasteiger partial charge in [-0.2, -0.15) is 0 Å². The van der Waals surface area contributed by atoms with Crippen LogP contribution in [-0.2, 0) is 4.74 Å². The van der Waals surface area contributed by atoms with E-state index in [0.29, 0.717) is 0 Å². The van der Waals surface area contributed by atoms with Crippen LogP contribution >= 0.6 is 0 Å². The molecule has 0 aromatic carbocycles. The number of methoxy groups -OCH3 is 1. The monoisotopic (exact) mass is 168 g/mol. The lowest BCUT2D eigenvalue weighted by Crippen LogP contribution is -2.21. The number of ether oxygens (including phenoxy) is 1. The topological polar surface area (TPSA) is 9.23 Å². The molecule has 0 atom stereocenters. The highest BCUT2D eigenvalue weighted by Gasteiger charge is 2.13. The molecular weight excluding hydrogens is 148 g/mol. The predicted molar refractivity (Wildman–Crippen MR) is 54.3 cm³/mol. The molecule has 0 aromatic heterocycles. The second-order valence-corrected chi connectivity index (χ2v) is 3.75. The summed E-state index contributed by atoms with van der Waals surface area (Å²) in [6.45, 7) is 9.99. The van der Waals surface area contributed by atoms with Crippen LogP contribution < -0.4 is 0 Å². The number of hydrogen-bond donors (Lipinski definition) is 0. The van der Waals surface area contributed by atoms with Crippen LogP contribution in [0.15, 0.2) is 24.3 Å². The summed E-state index contributed by atoms with van der Waals surface area (Å²) in [6.07, 6.45) is 6.29. The molecule has 70 valence electrons.